The minimum absolute atomic E-state index is 0.0127. The Morgan fingerprint density at radius 3 is 1.41 bits per heavy atom. The van der Waals surface area contributed by atoms with Gasteiger partial charge in [-0.05, 0) is 68.1 Å². The summed E-state index contributed by atoms with van der Waals surface area (Å²) in [6.07, 6.45) is -2.56. The molecule has 63 heavy (non-hydrogen) atoms. The number of benzene rings is 6. The molecule has 0 saturated heterocycles. The topological polar surface area (TPSA) is 178 Å². The molecule has 0 radical (unpaired) electrons. The van der Waals surface area contributed by atoms with E-state index in [1.54, 1.807) is 60.7 Å². The van der Waals surface area contributed by atoms with Crippen LogP contribution in [0.2, 0.25) is 0 Å². The summed E-state index contributed by atoms with van der Waals surface area (Å²) in [4.78, 5) is 76.7. The van der Waals surface area contributed by atoms with E-state index in [-0.39, 0.29) is 56.7 Å². The molecule has 2 N–H and O–H groups in total. The predicted octanol–water partition coefficient (Wildman–Crippen LogP) is 7.49. The van der Waals surface area contributed by atoms with Crippen LogP contribution in [0.4, 0.5) is 10.3 Å². The number of aromatic nitrogens is 2. The molecule has 9 aromatic rings. The maximum absolute atomic E-state index is 14.9. The molecule has 2 aliphatic carbocycles. The number of hydrogen-bond acceptors (Lipinski definition) is 14. The van der Waals surface area contributed by atoms with Crippen LogP contribution < -0.4 is 16.2 Å². The van der Waals surface area contributed by atoms with Crippen molar-refractivity contribution in [3.63, 3.8) is 0 Å². The van der Waals surface area contributed by atoms with Gasteiger partial charge in [-0.15, -0.1) is 0 Å². The Balaban J connectivity index is 1.08. The number of hydrogen-bond donors (Lipinski definition) is 2. The van der Waals surface area contributed by atoms with Crippen molar-refractivity contribution in [3.05, 3.63) is 193 Å². The standard InChI is InChI=1S/C49H30N4O8S2/c54-37-31-19-27-15-7-8-16-28(27)20-32(31)38(55)35(37)50-47-52-43-41(62-47)42-44(53-48(63-42)51-36-39(56)33-21-29-17-9-10-18-30(29)22-34(33)40(36)57)49(43,45(58)60-23-25-11-3-1-4-12-25)46(59)61-24-26-13-5-2-6-14-26/h1-22,37-38,54-55H,23-24H2. The number of fused-ring (bicyclic) bond motifs is 7. The summed E-state index contributed by atoms with van der Waals surface area (Å²) in [6, 6.07) is 39.8. The van der Waals surface area contributed by atoms with Gasteiger partial charge in [0.05, 0.1) is 26.9 Å². The van der Waals surface area contributed by atoms with Gasteiger partial charge >= 0.3 is 11.9 Å². The average Bonchev–Trinajstić information content (AvgIpc) is 4.08. The monoisotopic (exact) mass is 866 g/mol. The third kappa shape index (κ3) is 6.17. The van der Waals surface area contributed by atoms with Crippen molar-refractivity contribution < 1.29 is 29.3 Å². The molecule has 2 unspecified atom stereocenters. The quantitative estimate of drug-likeness (QED) is 0.115. The number of rotatable bonds is 8. The van der Waals surface area contributed by atoms with E-state index in [4.69, 9.17) is 19.4 Å². The van der Waals surface area contributed by atoms with Gasteiger partial charge in [-0.25, -0.2) is 29.5 Å². The number of aliphatic imine (C=N–C) groups is 1. The molecule has 12 nitrogen and oxygen atoms in total. The molecular weight excluding hydrogens is 837 g/mol. The first kappa shape index (κ1) is 38.6. The first-order valence-electron chi connectivity index (χ1n) is 19.8. The zero-order chi connectivity index (χ0) is 43.0. The largest absolute Gasteiger partial charge is 0.459 e. The van der Waals surface area contributed by atoms with Gasteiger partial charge in [-0.3, -0.25) is 9.59 Å². The van der Waals surface area contributed by atoms with Crippen molar-refractivity contribution in [2.24, 2.45) is 9.98 Å². The van der Waals surface area contributed by atoms with Crippen molar-refractivity contribution in [2.75, 3.05) is 0 Å². The SMILES string of the molecule is O=C(OCc1ccccc1)C1(C(=O)OCc2ccccc2)c2nc(N=C3C(O)c4cc5ccccc5cc4C3O)sc2-c2sc(N=c3c(=O)c4cc5ccccc5cc4c3=O)nc21. The van der Waals surface area contributed by atoms with Gasteiger partial charge in [0, 0.05) is 10.8 Å². The van der Waals surface area contributed by atoms with E-state index >= 15 is 0 Å². The number of nitrogens with zero attached hydrogens (tertiary/aromatic N) is 4. The summed E-state index contributed by atoms with van der Waals surface area (Å²) in [6.45, 7) is -0.422. The van der Waals surface area contributed by atoms with Crippen LogP contribution in [0.1, 0.15) is 45.8 Å². The fourth-order valence-corrected chi connectivity index (χ4v) is 10.5. The van der Waals surface area contributed by atoms with Crippen LogP contribution in [0.15, 0.2) is 153 Å². The Morgan fingerprint density at radius 1 is 0.571 bits per heavy atom. The summed E-state index contributed by atoms with van der Waals surface area (Å²) in [5.41, 5.74) is -1.43. The Labute approximate surface area is 364 Å². The minimum Gasteiger partial charge on any atom is -0.459 e. The fourth-order valence-electron chi connectivity index (χ4n) is 8.40. The maximum Gasteiger partial charge on any atom is 0.336 e. The van der Waals surface area contributed by atoms with E-state index in [0.717, 1.165) is 44.2 Å². The number of carbonyl (C=O) groups excluding carboxylic acids is 2. The van der Waals surface area contributed by atoms with Crippen molar-refractivity contribution in [3.8, 4) is 9.75 Å². The molecule has 0 spiro atoms. The highest BCUT2D eigenvalue weighted by atomic mass is 32.1. The molecule has 2 heterocycles. The smallest absolute Gasteiger partial charge is 0.336 e. The molecule has 14 heteroatoms. The normalized spacial score (nSPS) is 15.9. The third-order valence-corrected chi connectivity index (χ3v) is 13.6. The minimum atomic E-state index is -2.42. The lowest BCUT2D eigenvalue weighted by molar-refractivity contribution is -0.164. The second-order valence-corrected chi connectivity index (χ2v) is 17.2. The van der Waals surface area contributed by atoms with E-state index in [9.17, 15) is 29.4 Å². The van der Waals surface area contributed by atoms with Gasteiger partial charge in [-0.2, -0.15) is 0 Å². The molecule has 11 rings (SSSR count). The molecule has 306 valence electrons. The van der Waals surface area contributed by atoms with Crippen LogP contribution in [0.5, 0.6) is 0 Å². The maximum atomic E-state index is 14.9. The summed E-state index contributed by atoms with van der Waals surface area (Å²) in [5, 5.41) is 26.4. The van der Waals surface area contributed by atoms with Crippen LogP contribution in [0.3, 0.4) is 0 Å². The second-order valence-electron chi connectivity index (χ2n) is 15.3. The summed E-state index contributed by atoms with van der Waals surface area (Å²) >= 11 is 1.96. The van der Waals surface area contributed by atoms with Crippen LogP contribution in [0, 0.1) is 0 Å². The highest BCUT2D eigenvalue weighted by Crippen LogP contribution is 2.57. The number of carbonyl (C=O) groups is 2. The zero-order valence-corrected chi connectivity index (χ0v) is 34.4. The first-order chi connectivity index (χ1) is 30.7. The van der Waals surface area contributed by atoms with Crippen molar-refractivity contribution in [1.82, 2.24) is 9.97 Å². The number of esters is 2. The molecule has 0 aliphatic heterocycles. The van der Waals surface area contributed by atoms with Gasteiger partial charge in [-0.1, -0.05) is 132 Å². The number of aliphatic hydroxyl groups excluding tert-OH is 2. The van der Waals surface area contributed by atoms with E-state index < -0.39 is 40.4 Å². The predicted molar refractivity (Wildman–Crippen MR) is 239 cm³/mol. The molecule has 7 aromatic carbocycles. The number of ether oxygens (including phenoxy) is 2. The van der Waals surface area contributed by atoms with Gasteiger partial charge in [0.25, 0.3) is 5.41 Å². The molecule has 0 fully saturated rings. The van der Waals surface area contributed by atoms with Crippen molar-refractivity contribution in [1.29, 1.82) is 0 Å². The zero-order valence-electron chi connectivity index (χ0n) is 32.7. The number of aliphatic hydroxyl groups is 2. The molecule has 2 atom stereocenters. The Morgan fingerprint density at radius 2 is 0.968 bits per heavy atom. The van der Waals surface area contributed by atoms with E-state index in [1.807, 2.05) is 72.8 Å². The van der Waals surface area contributed by atoms with E-state index in [2.05, 4.69) is 9.98 Å². The fraction of sp³-hybridized carbons (Fsp3) is 0.102. The summed E-state index contributed by atoms with van der Waals surface area (Å²) in [7, 11) is 0. The summed E-state index contributed by atoms with van der Waals surface area (Å²) in [5.74, 6) is -2.07. The van der Waals surface area contributed by atoms with Gasteiger partial charge in [0.1, 0.15) is 25.4 Å². The van der Waals surface area contributed by atoms with Gasteiger partial charge in [0.2, 0.25) is 21.1 Å². The Hall–Kier alpha value is -7.36. The highest BCUT2D eigenvalue weighted by Gasteiger charge is 2.63. The molecule has 0 amide bonds. The van der Waals surface area contributed by atoms with Crippen molar-refractivity contribution >= 4 is 82.9 Å². The lowest BCUT2D eigenvalue weighted by Crippen LogP contribution is -2.46. The van der Waals surface area contributed by atoms with Crippen molar-refractivity contribution in [2.45, 2.75) is 30.8 Å². The molecular formula is C49H30N4O8S2. The second kappa shape index (κ2) is 14.9. The first-order valence-corrected chi connectivity index (χ1v) is 21.5. The van der Waals surface area contributed by atoms with Crippen LogP contribution >= 0.6 is 22.7 Å². The number of thiazole rings is 2. The molecule has 2 aliphatic rings. The molecule has 2 aromatic heterocycles. The average molecular weight is 867 g/mol. The van der Waals surface area contributed by atoms with E-state index in [0.29, 0.717) is 32.0 Å². The lowest BCUT2D eigenvalue weighted by Gasteiger charge is -2.24. The molecule has 0 saturated carbocycles. The third-order valence-electron chi connectivity index (χ3n) is 11.5. The lowest BCUT2D eigenvalue weighted by atomic mass is 9.84. The Bertz CT molecular complexity index is 3380. The van der Waals surface area contributed by atoms with Crippen LogP contribution in [-0.2, 0) is 37.7 Å². The Kier molecular flexibility index (Phi) is 9.13. The summed E-state index contributed by atoms with van der Waals surface area (Å²) < 4.78 is 11.9. The molecule has 0 bridgehead atoms. The van der Waals surface area contributed by atoms with Crippen LogP contribution in [-0.4, -0.2) is 37.8 Å². The van der Waals surface area contributed by atoms with E-state index in [1.165, 1.54) is 0 Å². The van der Waals surface area contributed by atoms with Gasteiger partial charge < -0.3 is 19.7 Å². The van der Waals surface area contributed by atoms with Crippen LogP contribution in [0.25, 0.3) is 42.1 Å². The highest BCUT2D eigenvalue weighted by molar-refractivity contribution is 7.25. The van der Waals surface area contributed by atoms with Gasteiger partial charge in [0.15, 0.2) is 5.36 Å².